The molecular formula is C21H22N2O4S. The highest BCUT2D eigenvalue weighted by Gasteiger charge is 2.14. The van der Waals surface area contributed by atoms with Crippen LogP contribution in [0.25, 0.3) is 10.8 Å². The standard InChI is InChI=1S/C21H22N2O4S/c1-15(27-16(2)24)22-14-18-8-6-7-17-13-19(11-12-21(17)18)23-28(25,26)20-9-4-3-5-10-20/h3-13,15,22-23H,14H2,1-2H3. The number of rotatable bonds is 7. The molecule has 2 N–H and O–H groups in total. The Morgan fingerprint density at radius 2 is 1.79 bits per heavy atom. The highest BCUT2D eigenvalue weighted by atomic mass is 32.2. The van der Waals surface area contributed by atoms with Crippen LogP contribution in [0.2, 0.25) is 0 Å². The van der Waals surface area contributed by atoms with Gasteiger partial charge in [-0.25, -0.2) is 8.42 Å². The smallest absolute Gasteiger partial charge is 0.304 e. The molecule has 0 radical (unpaired) electrons. The summed E-state index contributed by atoms with van der Waals surface area (Å²) in [6.07, 6.45) is -0.398. The average molecular weight is 398 g/mol. The second-order valence-electron chi connectivity index (χ2n) is 6.40. The minimum Gasteiger partial charge on any atom is -0.447 e. The predicted octanol–water partition coefficient (Wildman–Crippen LogP) is 3.64. The molecule has 0 saturated carbocycles. The van der Waals surface area contributed by atoms with E-state index in [2.05, 4.69) is 10.0 Å². The number of fused-ring (bicyclic) bond motifs is 1. The molecule has 0 spiro atoms. The third kappa shape index (κ3) is 4.88. The maximum Gasteiger partial charge on any atom is 0.304 e. The van der Waals surface area contributed by atoms with Crippen molar-refractivity contribution in [3.63, 3.8) is 0 Å². The van der Waals surface area contributed by atoms with Gasteiger partial charge in [0, 0.05) is 19.2 Å². The molecule has 0 heterocycles. The summed E-state index contributed by atoms with van der Waals surface area (Å²) < 4.78 is 32.7. The number of carbonyl (C=O) groups is 1. The van der Waals surface area contributed by atoms with Crippen LogP contribution < -0.4 is 10.0 Å². The number of anilines is 1. The van der Waals surface area contributed by atoms with Gasteiger partial charge in [0.25, 0.3) is 10.0 Å². The minimum atomic E-state index is -3.64. The lowest BCUT2D eigenvalue weighted by atomic mass is 10.0. The van der Waals surface area contributed by atoms with E-state index in [1.165, 1.54) is 6.92 Å². The molecule has 0 fully saturated rings. The Bertz CT molecular complexity index is 1080. The number of nitrogens with one attached hydrogen (secondary N) is 2. The predicted molar refractivity (Wildman–Crippen MR) is 109 cm³/mol. The van der Waals surface area contributed by atoms with E-state index in [9.17, 15) is 13.2 Å². The van der Waals surface area contributed by atoms with Gasteiger partial charge in [0.05, 0.1) is 4.90 Å². The van der Waals surface area contributed by atoms with Crippen molar-refractivity contribution in [3.05, 3.63) is 72.3 Å². The zero-order valence-corrected chi connectivity index (χ0v) is 16.5. The number of sulfonamides is 1. The molecule has 0 bridgehead atoms. The molecule has 3 rings (SSSR count). The molecule has 0 aromatic heterocycles. The van der Waals surface area contributed by atoms with E-state index in [0.717, 1.165) is 16.3 Å². The highest BCUT2D eigenvalue weighted by Crippen LogP contribution is 2.24. The van der Waals surface area contributed by atoms with Crippen LogP contribution in [0.1, 0.15) is 19.4 Å². The molecule has 6 nitrogen and oxygen atoms in total. The Hall–Kier alpha value is -2.90. The van der Waals surface area contributed by atoms with Crippen molar-refractivity contribution in [2.24, 2.45) is 0 Å². The first-order valence-electron chi connectivity index (χ1n) is 8.85. The maximum absolute atomic E-state index is 12.5. The lowest BCUT2D eigenvalue weighted by molar-refractivity contribution is -0.146. The largest absolute Gasteiger partial charge is 0.447 e. The van der Waals surface area contributed by atoms with E-state index in [-0.39, 0.29) is 10.9 Å². The molecule has 1 unspecified atom stereocenters. The average Bonchev–Trinajstić information content (AvgIpc) is 2.66. The number of hydrogen-bond donors (Lipinski definition) is 2. The van der Waals surface area contributed by atoms with E-state index in [0.29, 0.717) is 12.2 Å². The summed E-state index contributed by atoms with van der Waals surface area (Å²) in [6, 6.07) is 19.5. The Labute approximate surface area is 164 Å². The molecule has 7 heteroatoms. The summed E-state index contributed by atoms with van der Waals surface area (Å²) in [5.41, 5.74) is 1.52. The van der Waals surface area contributed by atoms with Crippen molar-refractivity contribution in [3.8, 4) is 0 Å². The molecule has 28 heavy (non-hydrogen) atoms. The Kier molecular flexibility index (Phi) is 5.96. The van der Waals surface area contributed by atoms with Gasteiger partial charge in [-0.15, -0.1) is 0 Å². The Morgan fingerprint density at radius 1 is 1.04 bits per heavy atom. The van der Waals surface area contributed by atoms with Gasteiger partial charge in [0.1, 0.15) is 0 Å². The second kappa shape index (κ2) is 8.41. The van der Waals surface area contributed by atoms with E-state index < -0.39 is 16.3 Å². The zero-order chi connectivity index (χ0) is 20.1. The molecule has 0 amide bonds. The molecule has 0 aliphatic heterocycles. The Morgan fingerprint density at radius 3 is 2.50 bits per heavy atom. The monoisotopic (exact) mass is 398 g/mol. The summed E-state index contributed by atoms with van der Waals surface area (Å²) in [5, 5.41) is 5.05. The number of carbonyl (C=O) groups excluding carboxylic acids is 1. The third-order valence-corrected chi connectivity index (χ3v) is 5.60. The van der Waals surface area contributed by atoms with Gasteiger partial charge in [-0.3, -0.25) is 14.8 Å². The fraction of sp³-hybridized carbons (Fsp3) is 0.190. The van der Waals surface area contributed by atoms with Crippen LogP contribution >= 0.6 is 0 Å². The zero-order valence-electron chi connectivity index (χ0n) is 15.7. The Balaban J connectivity index is 1.80. The second-order valence-corrected chi connectivity index (χ2v) is 8.09. The summed E-state index contributed by atoms with van der Waals surface area (Å²) >= 11 is 0. The molecule has 1 atom stereocenters. The quantitative estimate of drug-likeness (QED) is 0.469. The van der Waals surface area contributed by atoms with Gasteiger partial charge in [-0.2, -0.15) is 0 Å². The number of hydrogen-bond acceptors (Lipinski definition) is 5. The molecular weight excluding hydrogens is 376 g/mol. The van der Waals surface area contributed by atoms with Gasteiger partial charge in [-0.05, 0) is 47.5 Å². The number of esters is 1. The van der Waals surface area contributed by atoms with Gasteiger partial charge in [-0.1, -0.05) is 42.5 Å². The van der Waals surface area contributed by atoms with Crippen molar-refractivity contribution in [1.29, 1.82) is 0 Å². The minimum absolute atomic E-state index is 0.215. The summed E-state index contributed by atoms with van der Waals surface area (Å²) in [7, 11) is -3.64. The summed E-state index contributed by atoms with van der Waals surface area (Å²) in [5.74, 6) is -0.340. The van der Waals surface area contributed by atoms with Crippen LogP contribution in [0.3, 0.4) is 0 Å². The van der Waals surface area contributed by atoms with Crippen molar-refractivity contribution < 1.29 is 17.9 Å². The first kappa shape index (κ1) is 19.9. The topological polar surface area (TPSA) is 84.5 Å². The van der Waals surface area contributed by atoms with Crippen molar-refractivity contribution in [2.75, 3.05) is 4.72 Å². The number of ether oxygens (including phenoxy) is 1. The fourth-order valence-corrected chi connectivity index (χ4v) is 4.00. The lowest BCUT2D eigenvalue weighted by Gasteiger charge is -2.15. The van der Waals surface area contributed by atoms with Gasteiger partial charge in [0.2, 0.25) is 0 Å². The van der Waals surface area contributed by atoms with Crippen molar-refractivity contribution in [2.45, 2.75) is 31.5 Å². The van der Waals surface area contributed by atoms with E-state index in [1.807, 2.05) is 24.3 Å². The molecule has 3 aromatic rings. The van der Waals surface area contributed by atoms with Crippen LogP contribution in [0.15, 0.2) is 71.6 Å². The van der Waals surface area contributed by atoms with E-state index in [1.54, 1.807) is 49.4 Å². The first-order chi connectivity index (χ1) is 13.3. The normalized spacial score (nSPS) is 12.5. The molecule has 0 saturated heterocycles. The SMILES string of the molecule is CC(=O)OC(C)NCc1cccc2cc(NS(=O)(=O)c3ccccc3)ccc12. The van der Waals surface area contributed by atoms with E-state index >= 15 is 0 Å². The molecule has 0 aliphatic rings. The molecule has 3 aromatic carbocycles. The highest BCUT2D eigenvalue weighted by molar-refractivity contribution is 7.92. The summed E-state index contributed by atoms with van der Waals surface area (Å²) in [6.45, 7) is 3.65. The van der Waals surface area contributed by atoms with E-state index in [4.69, 9.17) is 4.74 Å². The lowest BCUT2D eigenvalue weighted by Crippen LogP contribution is -2.29. The van der Waals surface area contributed by atoms with Gasteiger partial charge < -0.3 is 4.74 Å². The van der Waals surface area contributed by atoms with Gasteiger partial charge >= 0.3 is 5.97 Å². The van der Waals surface area contributed by atoms with Gasteiger partial charge in [0.15, 0.2) is 6.23 Å². The van der Waals surface area contributed by atoms with Crippen LogP contribution in [0.5, 0.6) is 0 Å². The fourth-order valence-electron chi connectivity index (χ4n) is 2.93. The molecule has 146 valence electrons. The maximum atomic E-state index is 12.5. The van der Waals surface area contributed by atoms with Crippen LogP contribution in [-0.2, 0) is 26.1 Å². The van der Waals surface area contributed by atoms with Crippen molar-refractivity contribution in [1.82, 2.24) is 5.32 Å². The van der Waals surface area contributed by atoms with Crippen molar-refractivity contribution >= 4 is 32.5 Å². The first-order valence-corrected chi connectivity index (χ1v) is 10.3. The van der Waals surface area contributed by atoms with Crippen LogP contribution in [-0.4, -0.2) is 20.6 Å². The van der Waals surface area contributed by atoms with Crippen LogP contribution in [0, 0.1) is 0 Å². The summed E-state index contributed by atoms with van der Waals surface area (Å²) in [4.78, 5) is 11.2. The number of benzene rings is 3. The third-order valence-electron chi connectivity index (χ3n) is 4.20. The molecule has 0 aliphatic carbocycles. The van der Waals surface area contributed by atoms with Crippen LogP contribution in [0.4, 0.5) is 5.69 Å².